The van der Waals surface area contributed by atoms with Gasteiger partial charge in [-0.15, -0.1) is 0 Å². The van der Waals surface area contributed by atoms with Crippen LogP contribution in [0.15, 0.2) is 18.2 Å². The predicted octanol–water partition coefficient (Wildman–Crippen LogP) is 2.36. The molecule has 6 nitrogen and oxygen atoms in total. The summed E-state index contributed by atoms with van der Waals surface area (Å²) < 4.78 is 5.36. The van der Waals surface area contributed by atoms with Gasteiger partial charge in [0.1, 0.15) is 5.75 Å². The van der Waals surface area contributed by atoms with Crippen LogP contribution in [0.4, 0.5) is 5.69 Å². The number of ether oxygens (including phenoxy) is 1. The number of anilines is 1. The Hall–Kier alpha value is -2.08. The zero-order valence-electron chi connectivity index (χ0n) is 14.8. The molecule has 0 saturated heterocycles. The molecule has 0 radical (unpaired) electrons. The van der Waals surface area contributed by atoms with E-state index in [4.69, 9.17) is 4.74 Å². The van der Waals surface area contributed by atoms with Crippen LogP contribution in [0, 0.1) is 0 Å². The number of fused-ring (bicyclic) bond motifs is 1. The molecule has 24 heavy (non-hydrogen) atoms. The Labute approximate surface area is 143 Å². The topological polar surface area (TPSA) is 79.5 Å². The average molecular weight is 333 g/mol. The molecule has 0 spiro atoms. The summed E-state index contributed by atoms with van der Waals surface area (Å²) in [7, 11) is 0. The predicted molar refractivity (Wildman–Crippen MR) is 94.1 cm³/mol. The van der Waals surface area contributed by atoms with Crippen LogP contribution < -0.4 is 20.7 Å². The number of carbonyl (C=O) groups is 2. The van der Waals surface area contributed by atoms with E-state index in [0.717, 1.165) is 18.4 Å². The number of benzene rings is 1. The van der Waals surface area contributed by atoms with Crippen molar-refractivity contribution >= 4 is 17.5 Å². The number of nitrogens with one attached hydrogen (secondary N) is 3. The second-order valence-electron chi connectivity index (χ2n) is 6.40. The standard InChI is InChI=1S/C18H27N3O3/c1-5-6-11(2)19-18(23)13(4)20-12(3)14-7-8-16-15(9-14)21-17(22)10-24-16/h7-9,11-13,20H,5-6,10H2,1-4H3,(H,19,23)(H,21,22). The Morgan fingerprint density at radius 1 is 1.33 bits per heavy atom. The van der Waals surface area contributed by atoms with E-state index in [1.807, 2.05) is 39.0 Å². The molecule has 3 N–H and O–H groups in total. The van der Waals surface area contributed by atoms with Crippen molar-refractivity contribution in [2.24, 2.45) is 0 Å². The smallest absolute Gasteiger partial charge is 0.262 e. The molecule has 0 bridgehead atoms. The van der Waals surface area contributed by atoms with E-state index in [1.54, 1.807) is 0 Å². The summed E-state index contributed by atoms with van der Waals surface area (Å²) in [4.78, 5) is 23.6. The van der Waals surface area contributed by atoms with Gasteiger partial charge in [-0.05, 0) is 44.9 Å². The molecule has 2 rings (SSSR count). The van der Waals surface area contributed by atoms with E-state index in [2.05, 4.69) is 22.9 Å². The highest BCUT2D eigenvalue weighted by atomic mass is 16.5. The number of carbonyl (C=O) groups excluding carboxylic acids is 2. The van der Waals surface area contributed by atoms with Crippen LogP contribution in [0.1, 0.15) is 52.1 Å². The second-order valence-corrected chi connectivity index (χ2v) is 6.40. The van der Waals surface area contributed by atoms with E-state index in [1.165, 1.54) is 0 Å². The summed E-state index contributed by atoms with van der Waals surface area (Å²) in [5.41, 5.74) is 1.66. The number of hydrogen-bond donors (Lipinski definition) is 3. The Kier molecular flexibility index (Phi) is 6.20. The molecule has 1 aliphatic heterocycles. The second kappa shape index (κ2) is 8.15. The molecule has 3 atom stereocenters. The molecule has 132 valence electrons. The molecule has 6 heteroatoms. The third kappa shape index (κ3) is 4.71. The number of amides is 2. The van der Waals surface area contributed by atoms with Crippen molar-refractivity contribution in [1.82, 2.24) is 10.6 Å². The molecule has 0 saturated carbocycles. The molecule has 1 aromatic rings. The maximum atomic E-state index is 12.2. The van der Waals surface area contributed by atoms with Gasteiger partial charge >= 0.3 is 0 Å². The van der Waals surface area contributed by atoms with Crippen LogP contribution in [0.3, 0.4) is 0 Å². The van der Waals surface area contributed by atoms with Gasteiger partial charge in [0, 0.05) is 12.1 Å². The monoisotopic (exact) mass is 333 g/mol. The fourth-order valence-electron chi connectivity index (χ4n) is 2.79. The molecule has 0 aliphatic carbocycles. The Bertz CT molecular complexity index is 603. The van der Waals surface area contributed by atoms with Crippen LogP contribution in [0.25, 0.3) is 0 Å². The van der Waals surface area contributed by atoms with Crippen LogP contribution >= 0.6 is 0 Å². The quantitative estimate of drug-likeness (QED) is 0.716. The van der Waals surface area contributed by atoms with Gasteiger partial charge in [0.2, 0.25) is 5.91 Å². The van der Waals surface area contributed by atoms with Crippen molar-refractivity contribution < 1.29 is 14.3 Å². The minimum Gasteiger partial charge on any atom is -0.482 e. The van der Waals surface area contributed by atoms with Gasteiger partial charge in [-0.3, -0.25) is 14.9 Å². The molecular weight excluding hydrogens is 306 g/mol. The Morgan fingerprint density at radius 2 is 2.08 bits per heavy atom. The number of rotatable bonds is 7. The lowest BCUT2D eigenvalue weighted by Gasteiger charge is -2.24. The fourth-order valence-corrected chi connectivity index (χ4v) is 2.79. The summed E-state index contributed by atoms with van der Waals surface area (Å²) >= 11 is 0. The highest BCUT2D eigenvalue weighted by Crippen LogP contribution is 2.30. The molecule has 3 unspecified atom stereocenters. The lowest BCUT2D eigenvalue weighted by atomic mass is 10.1. The van der Waals surface area contributed by atoms with Gasteiger partial charge in [-0.25, -0.2) is 0 Å². The maximum absolute atomic E-state index is 12.2. The van der Waals surface area contributed by atoms with Crippen molar-refractivity contribution in [3.05, 3.63) is 23.8 Å². The summed E-state index contributed by atoms with van der Waals surface area (Å²) in [5.74, 6) is 0.514. The van der Waals surface area contributed by atoms with Crippen molar-refractivity contribution in [3.63, 3.8) is 0 Å². The minimum atomic E-state index is -0.304. The fraction of sp³-hybridized carbons (Fsp3) is 0.556. The Morgan fingerprint density at radius 3 is 2.79 bits per heavy atom. The summed E-state index contributed by atoms with van der Waals surface area (Å²) in [6, 6.07) is 5.51. The van der Waals surface area contributed by atoms with E-state index in [-0.39, 0.29) is 36.5 Å². The lowest BCUT2D eigenvalue weighted by molar-refractivity contribution is -0.123. The van der Waals surface area contributed by atoms with Crippen molar-refractivity contribution in [1.29, 1.82) is 0 Å². The van der Waals surface area contributed by atoms with Gasteiger partial charge in [0.25, 0.3) is 5.91 Å². The van der Waals surface area contributed by atoms with Gasteiger partial charge < -0.3 is 15.4 Å². The van der Waals surface area contributed by atoms with Crippen molar-refractivity contribution in [3.8, 4) is 5.75 Å². The first-order chi connectivity index (χ1) is 11.4. The van der Waals surface area contributed by atoms with Gasteiger partial charge in [0.05, 0.1) is 11.7 Å². The largest absolute Gasteiger partial charge is 0.482 e. The normalized spacial score (nSPS) is 17.1. The van der Waals surface area contributed by atoms with E-state index in [0.29, 0.717) is 11.4 Å². The molecule has 1 aliphatic rings. The summed E-state index contributed by atoms with van der Waals surface area (Å²) in [6.07, 6.45) is 2.01. The first-order valence-electron chi connectivity index (χ1n) is 8.53. The highest BCUT2D eigenvalue weighted by Gasteiger charge is 2.20. The minimum absolute atomic E-state index is 0.00241. The highest BCUT2D eigenvalue weighted by molar-refractivity contribution is 5.95. The molecule has 2 amide bonds. The first kappa shape index (κ1) is 18.3. The molecule has 0 fully saturated rings. The van der Waals surface area contributed by atoms with Gasteiger partial charge in [-0.1, -0.05) is 19.4 Å². The van der Waals surface area contributed by atoms with Gasteiger partial charge in [0.15, 0.2) is 6.61 Å². The third-order valence-electron chi connectivity index (χ3n) is 4.14. The molecule has 1 aromatic carbocycles. The van der Waals surface area contributed by atoms with Gasteiger partial charge in [-0.2, -0.15) is 0 Å². The SMILES string of the molecule is CCCC(C)NC(=O)C(C)NC(C)c1ccc2c(c1)NC(=O)CO2. The maximum Gasteiger partial charge on any atom is 0.262 e. The van der Waals surface area contributed by atoms with Crippen molar-refractivity contribution in [2.45, 2.75) is 58.7 Å². The van der Waals surface area contributed by atoms with E-state index in [9.17, 15) is 9.59 Å². The van der Waals surface area contributed by atoms with E-state index < -0.39 is 0 Å². The lowest BCUT2D eigenvalue weighted by Crippen LogP contribution is -2.46. The molecular formula is C18H27N3O3. The van der Waals surface area contributed by atoms with Crippen LogP contribution in [0.2, 0.25) is 0 Å². The zero-order valence-corrected chi connectivity index (χ0v) is 14.8. The summed E-state index contributed by atoms with van der Waals surface area (Å²) in [6.45, 7) is 8.02. The Balaban J connectivity index is 1.96. The first-order valence-corrected chi connectivity index (χ1v) is 8.53. The van der Waals surface area contributed by atoms with Crippen molar-refractivity contribution in [2.75, 3.05) is 11.9 Å². The molecule has 0 aromatic heterocycles. The van der Waals surface area contributed by atoms with Crippen LogP contribution in [-0.4, -0.2) is 30.5 Å². The average Bonchev–Trinajstić information content (AvgIpc) is 2.54. The van der Waals surface area contributed by atoms with E-state index >= 15 is 0 Å². The number of hydrogen-bond acceptors (Lipinski definition) is 4. The third-order valence-corrected chi connectivity index (χ3v) is 4.14. The molecule has 1 heterocycles. The zero-order chi connectivity index (χ0) is 17.7. The summed E-state index contributed by atoms with van der Waals surface area (Å²) in [5, 5.41) is 9.11. The van der Waals surface area contributed by atoms with Crippen LogP contribution in [-0.2, 0) is 9.59 Å². The van der Waals surface area contributed by atoms with Crippen LogP contribution in [0.5, 0.6) is 5.75 Å².